The van der Waals surface area contributed by atoms with Crippen LogP contribution in [-0.2, 0) is 6.42 Å². The van der Waals surface area contributed by atoms with E-state index in [1.54, 1.807) is 6.20 Å². The third-order valence-electron chi connectivity index (χ3n) is 2.56. The number of benzene rings is 1. The van der Waals surface area contributed by atoms with E-state index < -0.39 is 5.82 Å². The van der Waals surface area contributed by atoms with E-state index in [-0.39, 0.29) is 17.1 Å². The molecule has 0 aliphatic carbocycles. The van der Waals surface area contributed by atoms with Crippen LogP contribution < -0.4 is 4.74 Å². The third kappa shape index (κ3) is 1.95. The Hall–Kier alpha value is -2.04. The molecule has 0 unspecified atom stereocenters. The fourth-order valence-corrected chi connectivity index (χ4v) is 1.60. The number of hydrogen-bond donors (Lipinski definition) is 2. The first-order valence-corrected chi connectivity index (χ1v) is 5.27. The van der Waals surface area contributed by atoms with Gasteiger partial charge in [0, 0.05) is 11.9 Å². The Balaban J connectivity index is 2.57. The number of aromatic hydroxyl groups is 1. The van der Waals surface area contributed by atoms with E-state index in [1.165, 1.54) is 19.2 Å². The van der Waals surface area contributed by atoms with Crippen molar-refractivity contribution in [3.8, 4) is 22.9 Å². The van der Waals surface area contributed by atoms with Gasteiger partial charge in [0.15, 0.2) is 11.5 Å². The highest BCUT2D eigenvalue weighted by atomic mass is 19.1. The molecule has 0 aliphatic heterocycles. The fraction of sp³-hybridized carbons (Fsp3) is 0.250. The molecule has 2 aromatic rings. The van der Waals surface area contributed by atoms with Gasteiger partial charge < -0.3 is 14.8 Å². The van der Waals surface area contributed by atoms with Crippen LogP contribution in [-0.4, -0.2) is 22.2 Å². The van der Waals surface area contributed by atoms with Crippen LogP contribution in [0.25, 0.3) is 11.4 Å². The smallest absolute Gasteiger partial charge is 0.171 e. The van der Waals surface area contributed by atoms with Gasteiger partial charge >= 0.3 is 0 Å². The standard InChI is InChI=1S/C12H13FN2O2/c1-3-7-6-14-12(15-7)10-8(13)4-5-9(17-2)11(10)16/h4-6,16H,3H2,1-2H3,(H,14,15). The van der Waals surface area contributed by atoms with Gasteiger partial charge in [-0.1, -0.05) is 6.92 Å². The number of halogens is 1. The molecule has 0 atom stereocenters. The molecule has 0 bridgehead atoms. The van der Waals surface area contributed by atoms with E-state index >= 15 is 0 Å². The van der Waals surface area contributed by atoms with Crippen molar-refractivity contribution < 1.29 is 14.2 Å². The summed E-state index contributed by atoms with van der Waals surface area (Å²) in [5, 5.41) is 9.88. The first-order chi connectivity index (χ1) is 8.17. The molecule has 4 nitrogen and oxygen atoms in total. The SMILES string of the molecule is CCc1cnc(-c2c(F)ccc(OC)c2O)[nH]1. The van der Waals surface area contributed by atoms with E-state index in [9.17, 15) is 9.50 Å². The van der Waals surface area contributed by atoms with Gasteiger partial charge in [-0.15, -0.1) is 0 Å². The average molecular weight is 236 g/mol. The second-order valence-electron chi connectivity index (χ2n) is 3.58. The Morgan fingerprint density at radius 1 is 1.47 bits per heavy atom. The number of rotatable bonds is 3. The van der Waals surface area contributed by atoms with Crippen LogP contribution >= 0.6 is 0 Å². The van der Waals surface area contributed by atoms with Crippen molar-refractivity contribution in [2.75, 3.05) is 7.11 Å². The average Bonchev–Trinajstić information content (AvgIpc) is 2.78. The molecule has 1 aromatic carbocycles. The molecule has 0 spiro atoms. The van der Waals surface area contributed by atoms with Crippen LogP contribution in [0, 0.1) is 5.82 Å². The molecular weight excluding hydrogens is 223 g/mol. The number of aromatic nitrogens is 2. The maximum absolute atomic E-state index is 13.7. The Morgan fingerprint density at radius 2 is 2.24 bits per heavy atom. The van der Waals surface area contributed by atoms with Crippen LogP contribution in [0.3, 0.4) is 0 Å². The number of ether oxygens (including phenoxy) is 1. The molecule has 90 valence electrons. The number of hydrogen-bond acceptors (Lipinski definition) is 3. The van der Waals surface area contributed by atoms with Crippen molar-refractivity contribution in [2.24, 2.45) is 0 Å². The fourth-order valence-electron chi connectivity index (χ4n) is 1.60. The lowest BCUT2D eigenvalue weighted by atomic mass is 10.1. The molecule has 5 heteroatoms. The lowest BCUT2D eigenvalue weighted by Gasteiger charge is -2.07. The van der Waals surface area contributed by atoms with Crippen molar-refractivity contribution in [2.45, 2.75) is 13.3 Å². The van der Waals surface area contributed by atoms with Crippen molar-refractivity contribution in [3.63, 3.8) is 0 Å². The normalized spacial score (nSPS) is 10.5. The second kappa shape index (κ2) is 4.45. The van der Waals surface area contributed by atoms with E-state index in [1.807, 2.05) is 6.92 Å². The molecule has 2 rings (SSSR count). The van der Waals surface area contributed by atoms with Crippen molar-refractivity contribution >= 4 is 0 Å². The van der Waals surface area contributed by atoms with Crippen molar-refractivity contribution in [1.29, 1.82) is 0 Å². The van der Waals surface area contributed by atoms with Gasteiger partial charge in [-0.05, 0) is 18.6 Å². The lowest BCUT2D eigenvalue weighted by molar-refractivity contribution is 0.372. The van der Waals surface area contributed by atoms with Gasteiger partial charge in [0.25, 0.3) is 0 Å². The van der Waals surface area contributed by atoms with Gasteiger partial charge in [0.05, 0.1) is 12.7 Å². The highest BCUT2D eigenvalue weighted by Crippen LogP contribution is 2.37. The lowest BCUT2D eigenvalue weighted by Crippen LogP contribution is -1.92. The Labute approximate surface area is 98.1 Å². The van der Waals surface area contributed by atoms with E-state index in [0.29, 0.717) is 5.82 Å². The summed E-state index contributed by atoms with van der Waals surface area (Å²) in [5.41, 5.74) is 0.908. The monoisotopic (exact) mass is 236 g/mol. The summed E-state index contributed by atoms with van der Waals surface area (Å²) >= 11 is 0. The van der Waals surface area contributed by atoms with Crippen molar-refractivity contribution in [1.82, 2.24) is 9.97 Å². The summed E-state index contributed by atoms with van der Waals surface area (Å²) < 4.78 is 18.6. The molecule has 0 aliphatic rings. The minimum atomic E-state index is -0.541. The van der Waals surface area contributed by atoms with Crippen LogP contribution in [0.1, 0.15) is 12.6 Å². The first kappa shape index (κ1) is 11.4. The molecule has 0 saturated carbocycles. The predicted octanol–water partition coefficient (Wildman–Crippen LogP) is 2.49. The summed E-state index contributed by atoms with van der Waals surface area (Å²) in [5.74, 6) is -0.267. The first-order valence-electron chi connectivity index (χ1n) is 5.27. The number of phenols is 1. The quantitative estimate of drug-likeness (QED) is 0.860. The zero-order chi connectivity index (χ0) is 12.4. The summed E-state index contributed by atoms with van der Waals surface area (Å²) in [7, 11) is 1.41. The van der Waals surface area contributed by atoms with Gasteiger partial charge in [-0.2, -0.15) is 0 Å². The highest BCUT2D eigenvalue weighted by Gasteiger charge is 2.17. The Kier molecular flexibility index (Phi) is 2.99. The van der Waals surface area contributed by atoms with Crippen LogP contribution in [0.5, 0.6) is 11.5 Å². The number of aromatic amines is 1. The highest BCUT2D eigenvalue weighted by molar-refractivity contribution is 5.69. The van der Waals surface area contributed by atoms with E-state index in [2.05, 4.69) is 9.97 Å². The van der Waals surface area contributed by atoms with Crippen molar-refractivity contribution in [3.05, 3.63) is 29.8 Å². The number of H-pyrrole nitrogens is 1. The molecule has 1 aromatic heterocycles. The zero-order valence-corrected chi connectivity index (χ0v) is 9.62. The topological polar surface area (TPSA) is 58.1 Å². The molecule has 0 fully saturated rings. The number of aryl methyl sites for hydroxylation is 1. The summed E-state index contributed by atoms with van der Waals surface area (Å²) in [4.78, 5) is 6.99. The van der Waals surface area contributed by atoms with Gasteiger partial charge in [0.2, 0.25) is 0 Å². The van der Waals surface area contributed by atoms with Gasteiger partial charge in [-0.25, -0.2) is 9.37 Å². The second-order valence-corrected chi connectivity index (χ2v) is 3.58. The van der Waals surface area contributed by atoms with Crippen LogP contribution in [0.15, 0.2) is 18.3 Å². The number of imidazole rings is 1. The largest absolute Gasteiger partial charge is 0.504 e. The maximum atomic E-state index is 13.7. The van der Waals surface area contributed by atoms with Gasteiger partial charge in [0.1, 0.15) is 11.6 Å². The Morgan fingerprint density at radius 3 is 2.82 bits per heavy atom. The molecule has 0 saturated heterocycles. The number of nitrogens with zero attached hydrogens (tertiary/aromatic N) is 1. The molecule has 0 amide bonds. The predicted molar refractivity (Wildman–Crippen MR) is 61.6 cm³/mol. The summed E-state index contributed by atoms with van der Waals surface area (Å²) in [6.07, 6.45) is 2.38. The number of methoxy groups -OCH3 is 1. The summed E-state index contributed by atoms with van der Waals surface area (Å²) in [6, 6.07) is 2.61. The number of phenolic OH excluding ortho intramolecular Hbond substituents is 1. The molecule has 0 radical (unpaired) electrons. The molecule has 2 N–H and O–H groups in total. The zero-order valence-electron chi connectivity index (χ0n) is 9.62. The van der Waals surface area contributed by atoms with E-state index in [0.717, 1.165) is 12.1 Å². The number of nitrogens with one attached hydrogen (secondary N) is 1. The summed E-state index contributed by atoms with van der Waals surface area (Å²) in [6.45, 7) is 1.96. The van der Waals surface area contributed by atoms with Gasteiger partial charge in [-0.3, -0.25) is 0 Å². The molecular formula is C12H13FN2O2. The minimum Gasteiger partial charge on any atom is -0.504 e. The molecule has 17 heavy (non-hydrogen) atoms. The minimum absolute atomic E-state index is 0.0315. The molecule has 1 heterocycles. The maximum Gasteiger partial charge on any atom is 0.171 e. The van der Waals surface area contributed by atoms with Crippen LogP contribution in [0.4, 0.5) is 4.39 Å². The van der Waals surface area contributed by atoms with E-state index in [4.69, 9.17) is 4.74 Å². The van der Waals surface area contributed by atoms with Crippen LogP contribution in [0.2, 0.25) is 0 Å². The Bertz CT molecular complexity index is 537. The third-order valence-corrected chi connectivity index (χ3v) is 2.56.